The van der Waals surface area contributed by atoms with Gasteiger partial charge in [0.05, 0.1) is 16.6 Å². The van der Waals surface area contributed by atoms with Crippen molar-refractivity contribution in [1.82, 2.24) is 0 Å². The van der Waals surface area contributed by atoms with Gasteiger partial charge in [-0.1, -0.05) is 0 Å². The van der Waals surface area contributed by atoms with Crippen molar-refractivity contribution in [3.8, 4) is 0 Å². The Morgan fingerprint density at radius 1 is 1.73 bits per heavy atom. The number of hydrogen-bond acceptors (Lipinski definition) is 3. The Kier molecular flexibility index (Phi) is 2.70. The van der Waals surface area contributed by atoms with E-state index in [0.29, 0.717) is 5.76 Å². The maximum atomic E-state index is 9.08. The number of halogens is 1. The molecular formula is C7H10BrNO2. The molecule has 0 aliphatic heterocycles. The summed E-state index contributed by atoms with van der Waals surface area (Å²) in [5.74, 6) is 0.590. The molecule has 0 unspecified atom stereocenters. The lowest BCUT2D eigenvalue weighted by atomic mass is 10.1. The maximum absolute atomic E-state index is 9.08. The summed E-state index contributed by atoms with van der Waals surface area (Å²) in [6.45, 7) is 1.63. The zero-order valence-corrected chi connectivity index (χ0v) is 7.71. The minimum absolute atomic E-state index is 0.443. The van der Waals surface area contributed by atoms with Gasteiger partial charge in [0.25, 0.3) is 0 Å². The summed E-state index contributed by atoms with van der Waals surface area (Å²) in [5, 5.41) is 9.08. The highest BCUT2D eigenvalue weighted by atomic mass is 79.9. The largest absolute Gasteiger partial charge is 0.466 e. The molecule has 0 spiro atoms. The summed E-state index contributed by atoms with van der Waals surface area (Å²) >= 11 is 3.22. The summed E-state index contributed by atoms with van der Waals surface area (Å²) in [4.78, 5) is 0. The van der Waals surface area contributed by atoms with Crippen LogP contribution >= 0.6 is 15.9 Å². The molecule has 3 N–H and O–H groups in total. The third-order valence-electron chi connectivity index (χ3n) is 1.44. The van der Waals surface area contributed by atoms with Gasteiger partial charge < -0.3 is 15.3 Å². The number of furan rings is 1. The molecule has 0 radical (unpaired) electrons. The van der Waals surface area contributed by atoms with Gasteiger partial charge in [-0.05, 0) is 28.9 Å². The van der Waals surface area contributed by atoms with E-state index in [4.69, 9.17) is 15.3 Å². The molecule has 62 valence electrons. The fourth-order valence-electron chi connectivity index (χ4n) is 0.741. The van der Waals surface area contributed by atoms with Crippen molar-refractivity contribution in [3.63, 3.8) is 0 Å². The van der Waals surface area contributed by atoms with E-state index in [1.54, 1.807) is 13.0 Å². The van der Waals surface area contributed by atoms with Crippen LogP contribution in [0, 0.1) is 0 Å². The van der Waals surface area contributed by atoms with Crippen molar-refractivity contribution in [3.05, 3.63) is 22.6 Å². The third-order valence-corrected chi connectivity index (χ3v) is 1.85. The van der Waals surface area contributed by atoms with Crippen LogP contribution in [-0.2, 0) is 0 Å². The monoisotopic (exact) mass is 219 g/mol. The topological polar surface area (TPSA) is 59.4 Å². The van der Waals surface area contributed by atoms with E-state index in [9.17, 15) is 0 Å². The highest BCUT2D eigenvalue weighted by molar-refractivity contribution is 9.10. The molecule has 4 heteroatoms. The number of rotatable bonds is 2. The summed E-state index contributed by atoms with van der Waals surface area (Å²) in [5.41, 5.74) is 5.59. The molecule has 0 saturated carbocycles. The van der Waals surface area contributed by atoms with E-state index >= 15 is 0 Å². The van der Waals surface area contributed by atoms with Crippen LogP contribution in [0.15, 0.2) is 21.2 Å². The Bertz CT molecular complexity index is 234. The Morgan fingerprint density at radius 3 is 2.73 bits per heavy atom. The second kappa shape index (κ2) is 3.38. The molecule has 0 aliphatic carbocycles. The second-order valence-corrected chi connectivity index (χ2v) is 3.35. The predicted molar refractivity (Wildman–Crippen MR) is 45.0 cm³/mol. The predicted octanol–water partition coefficient (Wildman–Crippen LogP) is 1.42. The van der Waals surface area contributed by atoms with Crippen molar-refractivity contribution in [1.29, 1.82) is 0 Å². The quantitative estimate of drug-likeness (QED) is 0.792. The average Bonchev–Trinajstić information content (AvgIpc) is 2.34. The normalized spacial score (nSPS) is 16.4. The van der Waals surface area contributed by atoms with Crippen molar-refractivity contribution in [2.75, 3.05) is 0 Å². The summed E-state index contributed by atoms with van der Waals surface area (Å²) in [6, 6.07) is 1.30. The van der Waals surface area contributed by atoms with E-state index in [1.165, 1.54) is 6.26 Å². The summed E-state index contributed by atoms with van der Waals surface area (Å²) < 4.78 is 5.89. The number of aliphatic hydroxyl groups is 1. The lowest BCUT2D eigenvalue weighted by Crippen LogP contribution is -2.22. The SMILES string of the molecule is C[C@@H](O)[C@@H](N)c1cc(Br)co1. The third kappa shape index (κ3) is 2.05. The molecule has 0 aromatic carbocycles. The van der Waals surface area contributed by atoms with E-state index in [2.05, 4.69) is 15.9 Å². The molecule has 0 saturated heterocycles. The van der Waals surface area contributed by atoms with Gasteiger partial charge in [0, 0.05) is 0 Å². The van der Waals surface area contributed by atoms with Crippen molar-refractivity contribution < 1.29 is 9.52 Å². The van der Waals surface area contributed by atoms with E-state index in [1.807, 2.05) is 0 Å². The molecule has 1 rings (SSSR count). The number of hydrogen-bond donors (Lipinski definition) is 2. The van der Waals surface area contributed by atoms with Crippen LogP contribution in [0.1, 0.15) is 18.7 Å². The molecule has 2 atom stereocenters. The highest BCUT2D eigenvalue weighted by Gasteiger charge is 2.15. The van der Waals surface area contributed by atoms with Gasteiger partial charge in [-0.25, -0.2) is 0 Å². The van der Waals surface area contributed by atoms with E-state index in [0.717, 1.165) is 4.47 Å². The molecule has 1 heterocycles. The first kappa shape index (κ1) is 8.77. The van der Waals surface area contributed by atoms with Crippen molar-refractivity contribution in [2.24, 2.45) is 5.73 Å². The fraction of sp³-hybridized carbons (Fsp3) is 0.429. The zero-order chi connectivity index (χ0) is 8.43. The standard InChI is InChI=1S/C7H10BrNO2/c1-4(10)7(9)6-2-5(8)3-11-6/h2-4,7,10H,9H2,1H3/t4-,7-/m1/s1. The summed E-state index contributed by atoms with van der Waals surface area (Å²) in [6.07, 6.45) is 0.949. The van der Waals surface area contributed by atoms with Gasteiger partial charge in [0.15, 0.2) is 0 Å². The molecule has 1 aromatic heterocycles. The zero-order valence-electron chi connectivity index (χ0n) is 6.12. The first-order chi connectivity index (χ1) is 5.11. The van der Waals surface area contributed by atoms with E-state index in [-0.39, 0.29) is 0 Å². The van der Waals surface area contributed by atoms with Crippen LogP contribution in [0.3, 0.4) is 0 Å². The molecule has 0 amide bonds. The first-order valence-corrected chi connectivity index (χ1v) is 4.08. The lowest BCUT2D eigenvalue weighted by molar-refractivity contribution is 0.153. The molecular weight excluding hydrogens is 210 g/mol. The van der Waals surface area contributed by atoms with Gasteiger partial charge in [-0.2, -0.15) is 0 Å². The average molecular weight is 220 g/mol. The lowest BCUT2D eigenvalue weighted by Gasteiger charge is -2.10. The molecule has 0 bridgehead atoms. The molecule has 0 aliphatic rings. The Labute approximate surface area is 73.3 Å². The minimum atomic E-state index is -0.590. The second-order valence-electron chi connectivity index (χ2n) is 2.43. The maximum Gasteiger partial charge on any atom is 0.124 e. The number of nitrogens with two attached hydrogens (primary N) is 1. The Hall–Kier alpha value is -0.320. The molecule has 3 nitrogen and oxygen atoms in total. The van der Waals surface area contributed by atoms with Gasteiger partial charge in [0.1, 0.15) is 12.0 Å². The van der Waals surface area contributed by atoms with Crippen LogP contribution in [0.25, 0.3) is 0 Å². The highest BCUT2D eigenvalue weighted by Crippen LogP contribution is 2.20. The smallest absolute Gasteiger partial charge is 0.124 e. The van der Waals surface area contributed by atoms with Gasteiger partial charge >= 0.3 is 0 Å². The van der Waals surface area contributed by atoms with Crippen LogP contribution in [0.4, 0.5) is 0 Å². The van der Waals surface area contributed by atoms with Crippen molar-refractivity contribution in [2.45, 2.75) is 19.1 Å². The fourth-order valence-corrected chi connectivity index (χ4v) is 1.06. The Morgan fingerprint density at radius 2 is 2.36 bits per heavy atom. The number of aliphatic hydroxyl groups excluding tert-OH is 1. The molecule has 1 aromatic rings. The van der Waals surface area contributed by atoms with Gasteiger partial charge in [-0.3, -0.25) is 0 Å². The Balaban J connectivity index is 2.76. The molecule has 11 heavy (non-hydrogen) atoms. The van der Waals surface area contributed by atoms with Crippen LogP contribution in [0.2, 0.25) is 0 Å². The van der Waals surface area contributed by atoms with Crippen molar-refractivity contribution >= 4 is 15.9 Å². The van der Waals surface area contributed by atoms with Gasteiger partial charge in [0.2, 0.25) is 0 Å². The van der Waals surface area contributed by atoms with Crippen LogP contribution in [0.5, 0.6) is 0 Å². The summed E-state index contributed by atoms with van der Waals surface area (Å²) in [7, 11) is 0. The van der Waals surface area contributed by atoms with E-state index < -0.39 is 12.1 Å². The molecule has 0 fully saturated rings. The van der Waals surface area contributed by atoms with Crippen LogP contribution < -0.4 is 5.73 Å². The van der Waals surface area contributed by atoms with Gasteiger partial charge in [-0.15, -0.1) is 0 Å². The first-order valence-electron chi connectivity index (χ1n) is 3.29. The minimum Gasteiger partial charge on any atom is -0.466 e. The van der Waals surface area contributed by atoms with Crippen LogP contribution in [-0.4, -0.2) is 11.2 Å².